The van der Waals surface area contributed by atoms with Crippen molar-refractivity contribution in [2.45, 2.75) is 32.0 Å². The van der Waals surface area contributed by atoms with Crippen molar-refractivity contribution in [3.63, 3.8) is 0 Å². The van der Waals surface area contributed by atoms with Gasteiger partial charge in [-0.05, 0) is 35.7 Å². The van der Waals surface area contributed by atoms with Crippen molar-refractivity contribution in [1.82, 2.24) is 15.1 Å². The van der Waals surface area contributed by atoms with Gasteiger partial charge in [-0.1, -0.05) is 37.3 Å². The second-order valence-corrected chi connectivity index (χ2v) is 13.0. The summed E-state index contributed by atoms with van der Waals surface area (Å²) in [5.74, 6) is -3.72. The number of alkyl carbamates (subject to hydrolysis) is 1. The summed E-state index contributed by atoms with van der Waals surface area (Å²) in [6, 6.07) is 15.4. The number of carbonyl (C=O) groups is 5. The molecule has 0 saturated carbocycles. The van der Waals surface area contributed by atoms with Crippen molar-refractivity contribution < 1.29 is 43.7 Å². The van der Waals surface area contributed by atoms with Gasteiger partial charge >= 0.3 is 12.1 Å². The summed E-state index contributed by atoms with van der Waals surface area (Å²) in [7, 11) is 0. The minimum absolute atomic E-state index is 0.0286. The van der Waals surface area contributed by atoms with Gasteiger partial charge in [0.15, 0.2) is 0 Å². The predicted molar refractivity (Wildman–Crippen MR) is 175 cm³/mol. The molecular formula is C33H27N5O11S. The van der Waals surface area contributed by atoms with Gasteiger partial charge in [0.2, 0.25) is 0 Å². The molecule has 256 valence electrons. The standard InChI is InChI=1S/C33H27N5O11S/c1-33(16-18-5-3-2-4-6-18)26-24(36-28(39)22-12-11-21(38(47)48)15-23(22)29(36)40)30(41)35(26)25(31(42)43)27(33)50-14-13-34-32(44)49-17-19-7-9-20(10-8-19)37(45)46/h2-12,15,24,26H,13-14,16-17H2,1H3,(H,34,44)(H,42,43)/t24-,26+,33-/m1/s1. The lowest BCUT2D eigenvalue weighted by molar-refractivity contribution is -0.385. The van der Waals surface area contributed by atoms with Crippen molar-refractivity contribution in [2.75, 3.05) is 12.3 Å². The van der Waals surface area contributed by atoms with Crippen LogP contribution in [0.1, 0.15) is 38.8 Å². The smallest absolute Gasteiger partial charge is 0.407 e. The Hall–Kier alpha value is -6.10. The average molecular weight is 702 g/mol. The van der Waals surface area contributed by atoms with E-state index in [2.05, 4.69) is 5.32 Å². The number of non-ortho nitro benzene ring substituents is 2. The van der Waals surface area contributed by atoms with Gasteiger partial charge in [-0.3, -0.25) is 44.4 Å². The molecule has 0 aliphatic carbocycles. The Labute approximate surface area is 287 Å². The lowest BCUT2D eigenvalue weighted by Crippen LogP contribution is -2.73. The highest BCUT2D eigenvalue weighted by atomic mass is 32.2. The molecule has 0 radical (unpaired) electrons. The van der Waals surface area contributed by atoms with E-state index in [1.807, 2.05) is 12.1 Å². The molecule has 3 aromatic carbocycles. The van der Waals surface area contributed by atoms with Crippen LogP contribution in [-0.2, 0) is 27.4 Å². The summed E-state index contributed by atoms with van der Waals surface area (Å²) in [5, 5.41) is 35.1. The number of amides is 4. The SMILES string of the molecule is C[C@]1(Cc2ccccc2)C(SCCNC(=O)OCc2ccc([N+](=O)[O-])cc2)=C(C(=O)O)N2C(=O)[C@H](N3C(=O)c4ccc([N+](=O)[O-])cc4C3=O)[C@H]21. The summed E-state index contributed by atoms with van der Waals surface area (Å²) >= 11 is 1.10. The summed E-state index contributed by atoms with van der Waals surface area (Å²) < 4.78 is 5.18. The van der Waals surface area contributed by atoms with Crippen molar-refractivity contribution in [3.8, 4) is 0 Å². The van der Waals surface area contributed by atoms with Crippen molar-refractivity contribution in [2.24, 2.45) is 5.41 Å². The minimum Gasteiger partial charge on any atom is -0.477 e. The molecular weight excluding hydrogens is 674 g/mol. The van der Waals surface area contributed by atoms with E-state index >= 15 is 0 Å². The molecule has 6 rings (SSSR count). The van der Waals surface area contributed by atoms with E-state index in [0.717, 1.165) is 39.3 Å². The van der Waals surface area contributed by atoms with Crippen molar-refractivity contribution in [3.05, 3.63) is 126 Å². The fourth-order valence-corrected chi connectivity index (χ4v) is 7.85. The zero-order chi connectivity index (χ0) is 35.9. The monoisotopic (exact) mass is 701 g/mol. The van der Waals surface area contributed by atoms with E-state index in [0.29, 0.717) is 10.5 Å². The van der Waals surface area contributed by atoms with E-state index in [4.69, 9.17) is 4.74 Å². The van der Waals surface area contributed by atoms with Crippen molar-refractivity contribution in [1.29, 1.82) is 0 Å². The first-order chi connectivity index (χ1) is 23.8. The van der Waals surface area contributed by atoms with Crippen molar-refractivity contribution >= 4 is 52.9 Å². The number of nitro groups is 2. The number of ether oxygens (including phenoxy) is 1. The molecule has 0 bridgehead atoms. The third-order valence-corrected chi connectivity index (χ3v) is 10.2. The van der Waals surface area contributed by atoms with Gasteiger partial charge in [0.1, 0.15) is 18.3 Å². The number of nitro benzene ring substituents is 2. The van der Waals surface area contributed by atoms with Crippen LogP contribution in [0.2, 0.25) is 0 Å². The van der Waals surface area contributed by atoms with Crippen LogP contribution in [0.3, 0.4) is 0 Å². The molecule has 0 aromatic heterocycles. The van der Waals surface area contributed by atoms with Gasteiger partial charge in [0.05, 0.1) is 27.0 Å². The predicted octanol–water partition coefficient (Wildman–Crippen LogP) is 3.90. The van der Waals surface area contributed by atoms with E-state index in [1.165, 1.54) is 30.3 Å². The number of nitrogens with zero attached hydrogens (tertiary/aromatic N) is 4. The van der Waals surface area contributed by atoms with Crippen LogP contribution in [0.4, 0.5) is 16.2 Å². The molecule has 1 saturated heterocycles. The lowest BCUT2D eigenvalue weighted by Gasteiger charge is -2.51. The van der Waals surface area contributed by atoms with Crippen LogP contribution in [0.25, 0.3) is 0 Å². The van der Waals surface area contributed by atoms with Crippen LogP contribution in [-0.4, -0.2) is 78.9 Å². The second-order valence-electron chi connectivity index (χ2n) is 11.9. The molecule has 3 heterocycles. The molecule has 3 aliphatic rings. The number of fused-ring (bicyclic) bond motifs is 2. The highest BCUT2D eigenvalue weighted by molar-refractivity contribution is 8.03. The Morgan fingerprint density at radius 3 is 2.18 bits per heavy atom. The Kier molecular flexibility index (Phi) is 8.83. The van der Waals surface area contributed by atoms with Crippen LogP contribution >= 0.6 is 11.8 Å². The number of aliphatic carboxylic acids is 1. The molecule has 0 spiro atoms. The molecule has 16 nitrogen and oxygen atoms in total. The van der Waals surface area contributed by atoms with Gasteiger partial charge in [-0.15, -0.1) is 11.8 Å². The van der Waals surface area contributed by atoms with E-state index in [1.54, 1.807) is 25.1 Å². The number of β-lactam (4-membered cyclic amide) rings is 1. The molecule has 1 fully saturated rings. The highest BCUT2D eigenvalue weighted by Gasteiger charge is 2.68. The van der Waals surface area contributed by atoms with Gasteiger partial charge in [0.25, 0.3) is 29.1 Å². The molecule has 2 N–H and O–H groups in total. The van der Waals surface area contributed by atoms with E-state index in [-0.39, 0.29) is 47.8 Å². The van der Waals surface area contributed by atoms with Gasteiger partial charge < -0.3 is 15.2 Å². The average Bonchev–Trinajstić information content (AvgIpc) is 3.46. The quantitative estimate of drug-likeness (QED) is 0.0903. The molecule has 50 heavy (non-hydrogen) atoms. The fraction of sp³-hybridized carbons (Fsp3) is 0.242. The molecule has 3 aromatic rings. The van der Waals surface area contributed by atoms with Gasteiger partial charge in [-0.25, -0.2) is 9.59 Å². The zero-order valence-corrected chi connectivity index (χ0v) is 27.0. The highest BCUT2D eigenvalue weighted by Crippen LogP contribution is 2.57. The zero-order valence-electron chi connectivity index (χ0n) is 26.1. The molecule has 4 amide bonds. The largest absolute Gasteiger partial charge is 0.477 e. The Morgan fingerprint density at radius 1 is 0.900 bits per heavy atom. The summed E-state index contributed by atoms with van der Waals surface area (Å²) in [4.78, 5) is 89.1. The second kappa shape index (κ2) is 13.1. The maximum Gasteiger partial charge on any atom is 0.407 e. The van der Waals surface area contributed by atoms with Crippen LogP contribution in [0, 0.1) is 25.6 Å². The van der Waals surface area contributed by atoms with E-state index in [9.17, 15) is 49.3 Å². The van der Waals surface area contributed by atoms with Crippen LogP contribution < -0.4 is 5.32 Å². The normalized spacial score (nSPS) is 20.7. The first-order valence-corrected chi connectivity index (χ1v) is 16.1. The third-order valence-electron chi connectivity index (χ3n) is 8.84. The van der Waals surface area contributed by atoms with Gasteiger partial charge in [-0.2, -0.15) is 0 Å². The van der Waals surface area contributed by atoms with Crippen LogP contribution in [0.15, 0.2) is 83.4 Å². The Bertz CT molecular complexity index is 2000. The number of nitrogens with one attached hydrogen (secondary N) is 1. The molecule has 3 atom stereocenters. The molecule has 17 heteroatoms. The minimum atomic E-state index is -1.39. The number of benzene rings is 3. The Balaban J connectivity index is 1.22. The van der Waals surface area contributed by atoms with E-state index < -0.39 is 62.8 Å². The number of hydrogen-bond donors (Lipinski definition) is 2. The number of carboxylic acid groups (broad SMARTS) is 1. The van der Waals surface area contributed by atoms with Gasteiger partial charge in [0, 0.05) is 46.9 Å². The summed E-state index contributed by atoms with van der Waals surface area (Å²) in [6.45, 7) is 1.64. The third kappa shape index (κ3) is 5.80. The maximum absolute atomic E-state index is 13.8. The first kappa shape index (κ1) is 33.8. The topological polar surface area (TPSA) is 220 Å². The lowest BCUT2D eigenvalue weighted by atomic mass is 9.71. The fourth-order valence-electron chi connectivity index (χ4n) is 6.59. The van der Waals surface area contributed by atoms with Crippen LogP contribution in [0.5, 0.6) is 0 Å². The number of thioether (sulfide) groups is 1. The number of carboxylic acids is 1. The Morgan fingerprint density at radius 2 is 1.54 bits per heavy atom. The number of imide groups is 1. The first-order valence-electron chi connectivity index (χ1n) is 15.1. The summed E-state index contributed by atoms with van der Waals surface area (Å²) in [6.07, 6.45) is -0.558. The summed E-state index contributed by atoms with van der Waals surface area (Å²) in [5.41, 5.74) is -0.927. The number of carbonyl (C=O) groups excluding carboxylic acids is 4. The molecule has 0 unspecified atom stereocenters. The maximum atomic E-state index is 13.8. The molecule has 3 aliphatic heterocycles. The number of hydrogen-bond acceptors (Lipinski definition) is 11. The number of rotatable bonds is 12.